The number of benzene rings is 1. The molecule has 0 radical (unpaired) electrons. The zero-order valence-corrected chi connectivity index (χ0v) is 12.9. The number of hydrogen-bond donors (Lipinski definition) is 2. The van der Waals surface area contributed by atoms with Crippen molar-refractivity contribution in [1.29, 1.82) is 0 Å². The summed E-state index contributed by atoms with van der Waals surface area (Å²) in [7, 11) is 0. The second kappa shape index (κ2) is 7.45. The number of carbonyl (C=O) groups is 1. The Hall–Kier alpha value is -2.81. The standard InChI is InChI=1S/C14H18N6O3/c1-3-15-10(2)8-16-14(21)13-9-19(18-17-13)11-5-4-6-12(7-11)20(22)23/h4-7,9-10,15H,3,8H2,1-2H3,(H,16,21)/t10-/m1/s1. The molecule has 9 nitrogen and oxygen atoms in total. The van der Waals surface area contributed by atoms with E-state index < -0.39 is 4.92 Å². The van der Waals surface area contributed by atoms with Crippen LogP contribution in [-0.4, -0.2) is 45.0 Å². The Morgan fingerprint density at radius 3 is 2.96 bits per heavy atom. The number of carbonyl (C=O) groups excluding carboxylic acids is 1. The largest absolute Gasteiger partial charge is 0.349 e. The van der Waals surface area contributed by atoms with Crippen LogP contribution in [0.2, 0.25) is 0 Å². The molecule has 0 aliphatic heterocycles. The van der Waals surface area contributed by atoms with Crippen molar-refractivity contribution < 1.29 is 9.72 Å². The molecule has 1 amide bonds. The SMILES string of the molecule is CCN[C@H](C)CNC(=O)c1cn(-c2cccc([N+](=O)[O-])c2)nn1. The molecule has 0 spiro atoms. The molecule has 122 valence electrons. The predicted molar refractivity (Wildman–Crippen MR) is 83.5 cm³/mol. The molecule has 0 aliphatic carbocycles. The van der Waals surface area contributed by atoms with Crippen LogP contribution in [0, 0.1) is 10.1 Å². The Morgan fingerprint density at radius 1 is 1.48 bits per heavy atom. The summed E-state index contributed by atoms with van der Waals surface area (Å²) in [5, 5.41) is 24.4. The maximum atomic E-state index is 12.0. The van der Waals surface area contributed by atoms with Gasteiger partial charge in [-0.3, -0.25) is 14.9 Å². The number of amides is 1. The highest BCUT2D eigenvalue weighted by Gasteiger charge is 2.13. The molecular weight excluding hydrogens is 300 g/mol. The summed E-state index contributed by atoms with van der Waals surface area (Å²) < 4.78 is 1.33. The maximum absolute atomic E-state index is 12.0. The summed E-state index contributed by atoms with van der Waals surface area (Å²) in [6, 6.07) is 6.10. The molecule has 2 rings (SSSR count). The van der Waals surface area contributed by atoms with Crippen molar-refractivity contribution in [1.82, 2.24) is 25.6 Å². The third kappa shape index (κ3) is 4.33. The van der Waals surface area contributed by atoms with E-state index in [2.05, 4.69) is 20.9 Å². The monoisotopic (exact) mass is 318 g/mol. The van der Waals surface area contributed by atoms with Crippen molar-refractivity contribution >= 4 is 11.6 Å². The lowest BCUT2D eigenvalue weighted by molar-refractivity contribution is -0.384. The molecule has 0 bridgehead atoms. The van der Waals surface area contributed by atoms with Gasteiger partial charge in [0.05, 0.1) is 16.8 Å². The first-order chi connectivity index (χ1) is 11.0. The van der Waals surface area contributed by atoms with Crippen molar-refractivity contribution in [3.8, 4) is 5.69 Å². The van der Waals surface area contributed by atoms with Gasteiger partial charge in [-0.15, -0.1) is 5.10 Å². The second-order valence-electron chi connectivity index (χ2n) is 4.99. The molecule has 1 atom stereocenters. The van der Waals surface area contributed by atoms with Gasteiger partial charge in [0, 0.05) is 24.7 Å². The Morgan fingerprint density at radius 2 is 2.26 bits per heavy atom. The van der Waals surface area contributed by atoms with Gasteiger partial charge in [0.1, 0.15) is 0 Å². The highest BCUT2D eigenvalue weighted by molar-refractivity contribution is 5.91. The molecule has 0 aliphatic rings. The third-order valence-corrected chi connectivity index (χ3v) is 3.15. The van der Waals surface area contributed by atoms with E-state index in [0.717, 1.165) is 6.54 Å². The number of nitrogens with zero attached hydrogens (tertiary/aromatic N) is 4. The molecule has 0 unspecified atom stereocenters. The maximum Gasteiger partial charge on any atom is 0.273 e. The zero-order valence-electron chi connectivity index (χ0n) is 12.9. The fourth-order valence-electron chi connectivity index (χ4n) is 2.00. The topological polar surface area (TPSA) is 115 Å². The fraction of sp³-hybridized carbons (Fsp3) is 0.357. The zero-order chi connectivity index (χ0) is 16.8. The number of non-ortho nitro benzene ring substituents is 1. The van der Waals surface area contributed by atoms with Gasteiger partial charge in [-0.1, -0.05) is 18.2 Å². The van der Waals surface area contributed by atoms with Crippen molar-refractivity contribution in [3.05, 3.63) is 46.3 Å². The lowest BCUT2D eigenvalue weighted by Crippen LogP contribution is -2.38. The Balaban J connectivity index is 2.07. The number of likely N-dealkylation sites (N-methyl/N-ethyl adjacent to an activating group) is 1. The van der Waals surface area contributed by atoms with E-state index in [-0.39, 0.29) is 23.3 Å². The van der Waals surface area contributed by atoms with Crippen molar-refractivity contribution in [2.75, 3.05) is 13.1 Å². The van der Waals surface area contributed by atoms with Gasteiger partial charge < -0.3 is 10.6 Å². The van der Waals surface area contributed by atoms with Gasteiger partial charge in [-0.2, -0.15) is 0 Å². The highest BCUT2D eigenvalue weighted by Crippen LogP contribution is 2.15. The molecule has 2 N–H and O–H groups in total. The van der Waals surface area contributed by atoms with Gasteiger partial charge in [0.2, 0.25) is 0 Å². The van der Waals surface area contributed by atoms with Crippen LogP contribution in [0.25, 0.3) is 5.69 Å². The Labute approximate surface area is 132 Å². The van der Waals surface area contributed by atoms with E-state index in [4.69, 9.17) is 0 Å². The highest BCUT2D eigenvalue weighted by atomic mass is 16.6. The first-order valence-corrected chi connectivity index (χ1v) is 7.20. The molecule has 1 aromatic carbocycles. The van der Waals surface area contributed by atoms with Crippen LogP contribution in [0.4, 0.5) is 5.69 Å². The molecule has 1 aromatic heterocycles. The minimum Gasteiger partial charge on any atom is -0.349 e. The van der Waals surface area contributed by atoms with Crippen LogP contribution < -0.4 is 10.6 Å². The van der Waals surface area contributed by atoms with E-state index in [1.54, 1.807) is 12.1 Å². The van der Waals surface area contributed by atoms with E-state index in [1.165, 1.54) is 23.0 Å². The average Bonchev–Trinajstić information content (AvgIpc) is 3.03. The summed E-state index contributed by atoms with van der Waals surface area (Å²) >= 11 is 0. The summed E-state index contributed by atoms with van der Waals surface area (Å²) in [5.74, 6) is -0.341. The quantitative estimate of drug-likeness (QED) is 0.579. The molecule has 0 saturated heterocycles. The van der Waals surface area contributed by atoms with E-state index in [9.17, 15) is 14.9 Å². The van der Waals surface area contributed by atoms with Crippen LogP contribution in [0.15, 0.2) is 30.5 Å². The third-order valence-electron chi connectivity index (χ3n) is 3.15. The average molecular weight is 318 g/mol. The van der Waals surface area contributed by atoms with Crippen LogP contribution in [0.1, 0.15) is 24.3 Å². The molecule has 0 fully saturated rings. The number of nitro groups is 1. The van der Waals surface area contributed by atoms with Gasteiger partial charge in [0.25, 0.3) is 11.6 Å². The van der Waals surface area contributed by atoms with Crippen molar-refractivity contribution in [3.63, 3.8) is 0 Å². The van der Waals surface area contributed by atoms with Crippen LogP contribution in [-0.2, 0) is 0 Å². The summed E-state index contributed by atoms with van der Waals surface area (Å²) in [4.78, 5) is 22.3. The molecule has 9 heteroatoms. The lowest BCUT2D eigenvalue weighted by atomic mass is 10.3. The minimum atomic E-state index is -0.490. The molecular formula is C14H18N6O3. The normalized spacial score (nSPS) is 11.9. The first-order valence-electron chi connectivity index (χ1n) is 7.20. The van der Waals surface area contributed by atoms with Crippen molar-refractivity contribution in [2.45, 2.75) is 19.9 Å². The molecule has 0 saturated carbocycles. The van der Waals surface area contributed by atoms with Crippen LogP contribution >= 0.6 is 0 Å². The Bertz CT molecular complexity index is 699. The minimum absolute atomic E-state index is 0.0523. The van der Waals surface area contributed by atoms with Crippen molar-refractivity contribution in [2.24, 2.45) is 0 Å². The summed E-state index contributed by atoms with van der Waals surface area (Å²) in [6.45, 7) is 5.24. The number of hydrogen-bond acceptors (Lipinski definition) is 6. The van der Waals surface area contributed by atoms with Gasteiger partial charge >= 0.3 is 0 Å². The predicted octanol–water partition coefficient (Wildman–Crippen LogP) is 0.903. The second-order valence-corrected chi connectivity index (χ2v) is 4.99. The number of aromatic nitrogens is 3. The first kappa shape index (κ1) is 16.6. The number of nitrogens with one attached hydrogen (secondary N) is 2. The summed E-state index contributed by atoms with van der Waals surface area (Å²) in [6.07, 6.45) is 1.44. The molecule has 23 heavy (non-hydrogen) atoms. The number of nitro benzene ring substituents is 1. The smallest absolute Gasteiger partial charge is 0.273 e. The lowest BCUT2D eigenvalue weighted by Gasteiger charge is -2.12. The van der Waals surface area contributed by atoms with E-state index in [1.807, 2.05) is 13.8 Å². The van der Waals surface area contributed by atoms with Gasteiger partial charge in [-0.05, 0) is 19.5 Å². The van der Waals surface area contributed by atoms with Crippen LogP contribution in [0.5, 0.6) is 0 Å². The van der Waals surface area contributed by atoms with E-state index in [0.29, 0.717) is 12.2 Å². The summed E-state index contributed by atoms with van der Waals surface area (Å²) in [5.41, 5.74) is 0.565. The number of rotatable bonds is 7. The van der Waals surface area contributed by atoms with Gasteiger partial charge in [0.15, 0.2) is 5.69 Å². The van der Waals surface area contributed by atoms with Crippen LogP contribution in [0.3, 0.4) is 0 Å². The Kier molecular flexibility index (Phi) is 5.36. The fourth-order valence-corrected chi connectivity index (χ4v) is 2.00. The molecule has 2 aromatic rings. The van der Waals surface area contributed by atoms with E-state index >= 15 is 0 Å². The van der Waals surface area contributed by atoms with Gasteiger partial charge in [-0.25, -0.2) is 4.68 Å². The molecule has 1 heterocycles.